The van der Waals surface area contributed by atoms with Gasteiger partial charge in [0.05, 0.1) is 0 Å². The highest BCUT2D eigenvalue weighted by atomic mass is 79.9. The highest BCUT2D eigenvalue weighted by Gasteiger charge is 2.21. The van der Waals surface area contributed by atoms with Crippen LogP contribution < -0.4 is 5.32 Å². The highest BCUT2D eigenvalue weighted by Crippen LogP contribution is 2.28. The molecule has 0 aliphatic carbocycles. The number of hydrogen-bond donors (Lipinski definition) is 2. The molecule has 0 spiro atoms. The van der Waals surface area contributed by atoms with Crippen molar-refractivity contribution in [3.63, 3.8) is 0 Å². The molecular weight excluding hydrogens is 360 g/mol. The quantitative estimate of drug-likeness (QED) is 0.641. The number of nitrogens with one attached hydrogen (secondary N) is 1. The lowest BCUT2D eigenvalue weighted by Gasteiger charge is -2.11. The fraction of sp³-hybridized carbons (Fsp3) is 0. The number of aromatic carboxylic acids is 1. The van der Waals surface area contributed by atoms with Crippen molar-refractivity contribution in [3.8, 4) is 0 Å². The summed E-state index contributed by atoms with van der Waals surface area (Å²) in [5.41, 5.74) is -1.60. The van der Waals surface area contributed by atoms with Crippen LogP contribution in [0.25, 0.3) is 0 Å². The van der Waals surface area contributed by atoms with Crippen LogP contribution in [0, 0.1) is 23.3 Å². The van der Waals surface area contributed by atoms with E-state index >= 15 is 0 Å². The maximum Gasteiger partial charge on any atom is 0.339 e. The molecule has 9 heteroatoms. The summed E-state index contributed by atoms with van der Waals surface area (Å²) < 4.78 is 53.5. The van der Waals surface area contributed by atoms with E-state index in [1.807, 2.05) is 5.32 Å². The van der Waals surface area contributed by atoms with Crippen LogP contribution in [0.4, 0.5) is 29.1 Å². The van der Waals surface area contributed by atoms with Crippen LogP contribution in [0.2, 0.25) is 0 Å². The summed E-state index contributed by atoms with van der Waals surface area (Å²) in [6.45, 7) is 0. The van der Waals surface area contributed by atoms with Crippen molar-refractivity contribution in [3.05, 3.63) is 51.6 Å². The first-order chi connectivity index (χ1) is 9.81. The third-order valence-corrected chi connectivity index (χ3v) is 2.87. The number of halogens is 5. The van der Waals surface area contributed by atoms with Gasteiger partial charge >= 0.3 is 5.97 Å². The third kappa shape index (κ3) is 2.97. The van der Waals surface area contributed by atoms with E-state index in [-0.39, 0.29) is 6.07 Å². The molecule has 21 heavy (non-hydrogen) atoms. The Morgan fingerprint density at radius 3 is 2.24 bits per heavy atom. The van der Waals surface area contributed by atoms with Gasteiger partial charge in [0.25, 0.3) is 0 Å². The Kier molecular flexibility index (Phi) is 4.12. The number of hydrogen-bond acceptors (Lipinski definition) is 3. The van der Waals surface area contributed by atoms with Gasteiger partial charge in [-0.1, -0.05) is 0 Å². The van der Waals surface area contributed by atoms with Crippen LogP contribution in [-0.2, 0) is 0 Å². The number of anilines is 2. The summed E-state index contributed by atoms with van der Waals surface area (Å²) in [4.78, 5) is 14.7. The molecule has 0 aliphatic rings. The number of aromatic nitrogens is 1. The normalized spacial score (nSPS) is 10.5. The average molecular weight is 365 g/mol. The van der Waals surface area contributed by atoms with Crippen molar-refractivity contribution in [2.75, 3.05) is 5.32 Å². The molecule has 110 valence electrons. The summed E-state index contributed by atoms with van der Waals surface area (Å²) >= 11 is 2.98. The standard InChI is InChI=1S/C12H5BrF4N2O2/c13-4-1-5(12(20)21)11(18-3-4)19-10-8(16)6(14)2-7(15)9(10)17/h1-3H,(H,18,19)(H,20,21). The molecule has 0 fully saturated rings. The summed E-state index contributed by atoms with van der Waals surface area (Å²) in [6.07, 6.45) is 1.15. The molecule has 0 aliphatic heterocycles. The number of carboxylic acid groups (broad SMARTS) is 1. The van der Waals surface area contributed by atoms with Crippen LogP contribution in [-0.4, -0.2) is 16.1 Å². The fourth-order valence-electron chi connectivity index (χ4n) is 1.50. The van der Waals surface area contributed by atoms with Gasteiger partial charge in [-0.15, -0.1) is 0 Å². The van der Waals surface area contributed by atoms with E-state index in [1.54, 1.807) is 0 Å². The maximum atomic E-state index is 13.5. The largest absolute Gasteiger partial charge is 0.478 e. The third-order valence-electron chi connectivity index (χ3n) is 2.44. The van der Waals surface area contributed by atoms with Gasteiger partial charge in [-0.25, -0.2) is 27.3 Å². The molecule has 2 rings (SSSR count). The molecule has 0 saturated heterocycles. The lowest BCUT2D eigenvalue weighted by atomic mass is 10.2. The number of benzene rings is 1. The molecule has 2 N–H and O–H groups in total. The van der Waals surface area contributed by atoms with Crippen LogP contribution in [0.3, 0.4) is 0 Å². The van der Waals surface area contributed by atoms with Gasteiger partial charge in [-0.2, -0.15) is 0 Å². The predicted octanol–water partition coefficient (Wildman–Crippen LogP) is 3.84. The van der Waals surface area contributed by atoms with Gasteiger partial charge in [0.2, 0.25) is 0 Å². The minimum Gasteiger partial charge on any atom is -0.478 e. The maximum absolute atomic E-state index is 13.5. The van der Waals surface area contributed by atoms with E-state index in [0.717, 1.165) is 12.3 Å². The van der Waals surface area contributed by atoms with Gasteiger partial charge in [0.15, 0.2) is 23.3 Å². The Morgan fingerprint density at radius 2 is 1.71 bits per heavy atom. The van der Waals surface area contributed by atoms with E-state index < -0.39 is 46.3 Å². The molecule has 1 aromatic carbocycles. The Balaban J connectivity index is 2.56. The highest BCUT2D eigenvalue weighted by molar-refractivity contribution is 9.10. The SMILES string of the molecule is O=C(O)c1cc(Br)cnc1Nc1c(F)c(F)cc(F)c1F. The zero-order valence-corrected chi connectivity index (χ0v) is 11.5. The van der Waals surface area contributed by atoms with Gasteiger partial charge in [0.1, 0.15) is 17.1 Å². The topological polar surface area (TPSA) is 62.2 Å². The van der Waals surface area contributed by atoms with E-state index in [9.17, 15) is 22.4 Å². The average Bonchev–Trinajstić information content (AvgIpc) is 2.42. The van der Waals surface area contributed by atoms with Crippen molar-refractivity contribution in [1.29, 1.82) is 0 Å². The molecule has 1 heterocycles. The fourth-order valence-corrected chi connectivity index (χ4v) is 1.83. The van der Waals surface area contributed by atoms with E-state index in [2.05, 4.69) is 20.9 Å². The number of pyridine rings is 1. The van der Waals surface area contributed by atoms with Crippen LogP contribution in [0.1, 0.15) is 10.4 Å². The molecule has 0 radical (unpaired) electrons. The summed E-state index contributed by atoms with van der Waals surface area (Å²) in [5, 5.41) is 10.9. The summed E-state index contributed by atoms with van der Waals surface area (Å²) in [7, 11) is 0. The second kappa shape index (κ2) is 5.68. The van der Waals surface area contributed by atoms with Crippen LogP contribution >= 0.6 is 15.9 Å². The minimum atomic E-state index is -1.69. The Morgan fingerprint density at radius 1 is 1.14 bits per heavy atom. The first-order valence-corrected chi connectivity index (χ1v) is 6.09. The lowest BCUT2D eigenvalue weighted by molar-refractivity contribution is 0.0697. The van der Waals surface area contributed by atoms with Crippen LogP contribution in [0.15, 0.2) is 22.8 Å². The molecule has 0 saturated carbocycles. The molecule has 0 unspecified atom stereocenters. The molecule has 0 amide bonds. The van der Waals surface area contributed by atoms with Crippen molar-refractivity contribution in [2.45, 2.75) is 0 Å². The van der Waals surface area contributed by atoms with Gasteiger partial charge in [-0.3, -0.25) is 0 Å². The molecule has 0 bridgehead atoms. The van der Waals surface area contributed by atoms with Gasteiger partial charge in [0, 0.05) is 16.7 Å². The zero-order valence-electron chi connectivity index (χ0n) is 9.92. The number of nitrogens with zero attached hydrogens (tertiary/aromatic N) is 1. The van der Waals surface area contributed by atoms with Gasteiger partial charge in [-0.05, 0) is 22.0 Å². The Labute approximate surface area is 123 Å². The van der Waals surface area contributed by atoms with E-state index in [1.165, 1.54) is 0 Å². The smallest absolute Gasteiger partial charge is 0.339 e. The van der Waals surface area contributed by atoms with Crippen LogP contribution in [0.5, 0.6) is 0 Å². The van der Waals surface area contributed by atoms with E-state index in [4.69, 9.17) is 5.11 Å². The number of carboxylic acids is 1. The van der Waals surface area contributed by atoms with Crippen molar-refractivity contribution >= 4 is 33.4 Å². The molecule has 0 atom stereocenters. The van der Waals surface area contributed by atoms with Crippen molar-refractivity contribution in [1.82, 2.24) is 4.98 Å². The van der Waals surface area contributed by atoms with Gasteiger partial charge < -0.3 is 10.4 Å². The molecule has 2 aromatic rings. The van der Waals surface area contributed by atoms with Crippen molar-refractivity contribution < 1.29 is 27.5 Å². The van der Waals surface area contributed by atoms with Crippen molar-refractivity contribution in [2.24, 2.45) is 0 Å². The first kappa shape index (κ1) is 15.2. The summed E-state index contributed by atoms with van der Waals surface area (Å²) in [5.74, 6) is -8.52. The zero-order chi connectivity index (χ0) is 15.7. The Bertz CT molecular complexity index is 713. The Hall–Kier alpha value is -2.16. The van der Waals surface area contributed by atoms with E-state index in [0.29, 0.717) is 4.47 Å². The monoisotopic (exact) mass is 364 g/mol. The molecular formula is C12H5BrF4N2O2. The predicted molar refractivity (Wildman–Crippen MR) is 68.5 cm³/mol. The number of carbonyl (C=O) groups is 1. The summed E-state index contributed by atoms with van der Waals surface area (Å²) in [6, 6.07) is 1.16. The lowest BCUT2D eigenvalue weighted by Crippen LogP contribution is -2.08. The molecule has 1 aromatic heterocycles. The second-order valence-corrected chi connectivity index (χ2v) is 4.74. The first-order valence-electron chi connectivity index (χ1n) is 5.30. The minimum absolute atomic E-state index is 0.0446. The molecule has 4 nitrogen and oxygen atoms in total. The number of rotatable bonds is 3. The second-order valence-electron chi connectivity index (χ2n) is 3.82.